The summed E-state index contributed by atoms with van der Waals surface area (Å²) in [5.74, 6) is 1.97. The molecule has 72 valence electrons. The highest BCUT2D eigenvalue weighted by Gasteiger charge is 2.20. The van der Waals surface area contributed by atoms with E-state index in [-0.39, 0.29) is 0 Å². The number of nitrogens with zero attached hydrogens (tertiary/aromatic N) is 1. The highest BCUT2D eigenvalue weighted by molar-refractivity contribution is 6.99. The monoisotopic (exact) mass is 187 g/mol. The third-order valence-electron chi connectivity index (χ3n) is 1.82. The molecule has 0 heterocycles. The van der Waals surface area contributed by atoms with Gasteiger partial charge in [0.2, 0.25) is 0 Å². The SMILES string of the molecule is CCC(O)(CC)N=C[Si](C)(C)C. The molecule has 0 radical (unpaired) electrons. The first-order chi connectivity index (χ1) is 5.33. The van der Waals surface area contributed by atoms with E-state index in [1.54, 1.807) is 0 Å². The zero-order valence-electron chi connectivity index (χ0n) is 8.89. The predicted molar refractivity (Wildman–Crippen MR) is 57.4 cm³/mol. The van der Waals surface area contributed by atoms with E-state index >= 15 is 0 Å². The fourth-order valence-electron chi connectivity index (χ4n) is 0.746. The van der Waals surface area contributed by atoms with E-state index in [1.165, 1.54) is 0 Å². The van der Waals surface area contributed by atoms with Crippen LogP contribution in [0.3, 0.4) is 0 Å². The summed E-state index contributed by atoms with van der Waals surface area (Å²) in [5, 5.41) is 9.82. The lowest BCUT2D eigenvalue weighted by Gasteiger charge is -2.21. The lowest BCUT2D eigenvalue weighted by atomic mass is 10.1. The Morgan fingerprint density at radius 1 is 1.25 bits per heavy atom. The summed E-state index contributed by atoms with van der Waals surface area (Å²) in [6, 6.07) is 0. The van der Waals surface area contributed by atoms with Crippen LogP contribution in [-0.4, -0.2) is 24.7 Å². The Balaban J connectivity index is 4.30. The molecule has 1 N–H and O–H groups in total. The van der Waals surface area contributed by atoms with E-state index < -0.39 is 13.8 Å². The maximum absolute atomic E-state index is 9.82. The number of hydrogen-bond donors (Lipinski definition) is 1. The van der Waals surface area contributed by atoms with Crippen LogP contribution in [0.1, 0.15) is 26.7 Å². The number of rotatable bonds is 4. The van der Waals surface area contributed by atoms with E-state index in [0.29, 0.717) is 12.8 Å². The Morgan fingerprint density at radius 3 is 1.92 bits per heavy atom. The normalized spacial score (nSPS) is 14.2. The maximum Gasteiger partial charge on any atom is 0.154 e. The predicted octanol–water partition coefficient (Wildman–Crippen LogP) is 2.44. The minimum atomic E-state index is -1.25. The Hall–Kier alpha value is -0.153. The second-order valence-corrected chi connectivity index (χ2v) is 9.30. The zero-order valence-corrected chi connectivity index (χ0v) is 9.89. The highest BCUT2D eigenvalue weighted by Crippen LogP contribution is 2.16. The largest absolute Gasteiger partial charge is 0.369 e. The average Bonchev–Trinajstić information content (AvgIpc) is 1.99. The summed E-state index contributed by atoms with van der Waals surface area (Å²) in [6.45, 7) is 10.6. The van der Waals surface area contributed by atoms with Gasteiger partial charge in [0.15, 0.2) is 5.72 Å². The highest BCUT2D eigenvalue weighted by atomic mass is 28.3. The van der Waals surface area contributed by atoms with Gasteiger partial charge in [-0.2, -0.15) is 0 Å². The van der Waals surface area contributed by atoms with Gasteiger partial charge < -0.3 is 5.11 Å². The smallest absolute Gasteiger partial charge is 0.154 e. The molecule has 0 saturated heterocycles. The molecule has 0 atom stereocenters. The lowest BCUT2D eigenvalue weighted by molar-refractivity contribution is 0.0426. The molecular formula is C9H21NOSi. The van der Waals surface area contributed by atoms with Crippen LogP contribution >= 0.6 is 0 Å². The molecule has 0 unspecified atom stereocenters. The summed E-state index contributed by atoms with van der Waals surface area (Å²) < 4.78 is 0. The van der Waals surface area contributed by atoms with Gasteiger partial charge in [-0.05, 0) is 18.7 Å². The average molecular weight is 187 g/mol. The number of hydrogen-bond acceptors (Lipinski definition) is 2. The number of aliphatic hydroxyl groups is 1. The Bertz CT molecular complexity index is 156. The van der Waals surface area contributed by atoms with Crippen LogP contribution < -0.4 is 0 Å². The van der Waals surface area contributed by atoms with Crippen molar-refractivity contribution in [2.24, 2.45) is 4.99 Å². The first-order valence-electron chi connectivity index (χ1n) is 4.62. The molecule has 0 aromatic heterocycles. The molecule has 2 nitrogen and oxygen atoms in total. The van der Waals surface area contributed by atoms with Crippen molar-refractivity contribution in [2.45, 2.75) is 52.1 Å². The quantitative estimate of drug-likeness (QED) is 0.532. The standard InChI is InChI=1S/C9H21NOSi/c1-6-9(11,7-2)10-8-12(3,4)5/h8,11H,6-7H2,1-5H3. The van der Waals surface area contributed by atoms with Crippen LogP contribution in [0.15, 0.2) is 4.99 Å². The van der Waals surface area contributed by atoms with Crippen molar-refractivity contribution in [3.05, 3.63) is 0 Å². The van der Waals surface area contributed by atoms with Crippen molar-refractivity contribution in [3.63, 3.8) is 0 Å². The Labute approximate surface area is 76.7 Å². The van der Waals surface area contributed by atoms with Gasteiger partial charge in [0.1, 0.15) is 0 Å². The first-order valence-corrected chi connectivity index (χ1v) is 8.19. The first kappa shape index (κ1) is 11.8. The van der Waals surface area contributed by atoms with Gasteiger partial charge in [-0.25, -0.2) is 0 Å². The van der Waals surface area contributed by atoms with E-state index in [1.807, 2.05) is 19.7 Å². The Morgan fingerprint density at radius 2 is 1.67 bits per heavy atom. The van der Waals surface area contributed by atoms with Gasteiger partial charge in [0, 0.05) is 0 Å². The lowest BCUT2D eigenvalue weighted by Crippen LogP contribution is -2.29. The molecule has 0 rings (SSSR count). The molecule has 0 fully saturated rings. The van der Waals surface area contributed by atoms with Crippen molar-refractivity contribution < 1.29 is 5.11 Å². The van der Waals surface area contributed by atoms with Crippen molar-refractivity contribution in [1.82, 2.24) is 0 Å². The molecule has 0 saturated carbocycles. The summed E-state index contributed by atoms with van der Waals surface area (Å²) in [4.78, 5) is 4.26. The third kappa shape index (κ3) is 4.67. The molecule has 0 aromatic carbocycles. The molecule has 0 aliphatic heterocycles. The van der Waals surface area contributed by atoms with Crippen molar-refractivity contribution in [1.29, 1.82) is 0 Å². The minimum absolute atomic E-state index is 0.699. The summed E-state index contributed by atoms with van der Waals surface area (Å²) in [7, 11) is -1.25. The topological polar surface area (TPSA) is 32.6 Å². The minimum Gasteiger partial charge on any atom is -0.369 e. The van der Waals surface area contributed by atoms with E-state index in [4.69, 9.17) is 0 Å². The molecule has 0 amide bonds. The molecule has 0 aliphatic rings. The van der Waals surface area contributed by atoms with Gasteiger partial charge >= 0.3 is 0 Å². The maximum atomic E-state index is 9.82. The van der Waals surface area contributed by atoms with E-state index in [9.17, 15) is 5.11 Å². The summed E-state index contributed by atoms with van der Waals surface area (Å²) >= 11 is 0. The van der Waals surface area contributed by atoms with Gasteiger partial charge in [-0.15, -0.1) is 0 Å². The van der Waals surface area contributed by atoms with Gasteiger partial charge in [0.05, 0.1) is 8.07 Å². The fourth-order valence-corrected chi connectivity index (χ4v) is 1.37. The van der Waals surface area contributed by atoms with Crippen molar-refractivity contribution >= 4 is 13.9 Å². The van der Waals surface area contributed by atoms with Crippen molar-refractivity contribution in [3.8, 4) is 0 Å². The molecule has 0 aromatic rings. The van der Waals surface area contributed by atoms with Gasteiger partial charge in [0.25, 0.3) is 0 Å². The van der Waals surface area contributed by atoms with Crippen molar-refractivity contribution in [2.75, 3.05) is 0 Å². The molecule has 12 heavy (non-hydrogen) atoms. The van der Waals surface area contributed by atoms with Crippen LogP contribution in [0.25, 0.3) is 0 Å². The molecule has 3 heteroatoms. The number of aliphatic imine (C=N–C) groups is 1. The second-order valence-electron chi connectivity index (χ2n) is 4.31. The third-order valence-corrected chi connectivity index (χ3v) is 2.73. The van der Waals surface area contributed by atoms with Crippen LogP contribution in [0, 0.1) is 0 Å². The Kier molecular flexibility index (Phi) is 4.13. The summed E-state index contributed by atoms with van der Waals surface area (Å²) in [5.41, 5.74) is -0.805. The molecule has 0 bridgehead atoms. The fraction of sp³-hybridized carbons (Fsp3) is 0.889. The molecule has 0 aliphatic carbocycles. The summed E-state index contributed by atoms with van der Waals surface area (Å²) in [6.07, 6.45) is 1.40. The van der Waals surface area contributed by atoms with Crippen LogP contribution in [0.4, 0.5) is 0 Å². The van der Waals surface area contributed by atoms with Crippen LogP contribution in [0.2, 0.25) is 19.6 Å². The van der Waals surface area contributed by atoms with Crippen LogP contribution in [-0.2, 0) is 0 Å². The van der Waals surface area contributed by atoms with Gasteiger partial charge in [-0.3, -0.25) is 4.99 Å². The molecule has 0 spiro atoms. The van der Waals surface area contributed by atoms with E-state index in [0.717, 1.165) is 0 Å². The van der Waals surface area contributed by atoms with E-state index in [2.05, 4.69) is 24.6 Å². The van der Waals surface area contributed by atoms with Crippen LogP contribution in [0.5, 0.6) is 0 Å². The zero-order chi connectivity index (χ0) is 9.83. The second kappa shape index (κ2) is 4.19. The van der Waals surface area contributed by atoms with Gasteiger partial charge in [-0.1, -0.05) is 33.5 Å². The molecular weight excluding hydrogens is 166 g/mol.